The standard InChI is InChI=1S/C13H12N6O/c20-13-18-17-11-7-10(8-3-5-14-6-4-8)16-12(19(11)13)15-9-1-2-9/h3-7,9H,1-2H2,(H,15,16)(H,18,20). The smallest absolute Gasteiger partial charge is 0.350 e. The van der Waals surface area contributed by atoms with Crippen molar-refractivity contribution in [2.24, 2.45) is 0 Å². The van der Waals surface area contributed by atoms with E-state index in [4.69, 9.17) is 0 Å². The van der Waals surface area contributed by atoms with E-state index in [2.05, 4.69) is 25.5 Å². The lowest BCUT2D eigenvalue weighted by molar-refractivity contribution is 0.970. The van der Waals surface area contributed by atoms with E-state index >= 15 is 0 Å². The van der Waals surface area contributed by atoms with Crippen molar-refractivity contribution in [2.75, 3.05) is 5.32 Å². The summed E-state index contributed by atoms with van der Waals surface area (Å²) < 4.78 is 1.46. The first kappa shape index (κ1) is 11.2. The fourth-order valence-corrected chi connectivity index (χ4v) is 2.11. The topological polar surface area (TPSA) is 88.0 Å². The number of nitrogens with one attached hydrogen (secondary N) is 2. The molecule has 7 nitrogen and oxygen atoms in total. The molecule has 1 aliphatic carbocycles. The van der Waals surface area contributed by atoms with Crippen molar-refractivity contribution in [3.8, 4) is 11.3 Å². The molecule has 1 fully saturated rings. The van der Waals surface area contributed by atoms with E-state index in [-0.39, 0.29) is 5.69 Å². The van der Waals surface area contributed by atoms with Crippen LogP contribution in [0, 0.1) is 0 Å². The third-order valence-corrected chi connectivity index (χ3v) is 3.29. The molecule has 1 aliphatic rings. The second-order valence-electron chi connectivity index (χ2n) is 4.84. The van der Waals surface area contributed by atoms with Gasteiger partial charge >= 0.3 is 5.69 Å². The number of hydrogen-bond donors (Lipinski definition) is 2. The van der Waals surface area contributed by atoms with Crippen LogP contribution in [0.2, 0.25) is 0 Å². The van der Waals surface area contributed by atoms with Crippen LogP contribution in [0.4, 0.5) is 5.95 Å². The first-order chi connectivity index (χ1) is 9.81. The Kier molecular flexibility index (Phi) is 2.32. The lowest BCUT2D eigenvalue weighted by Gasteiger charge is -2.08. The number of anilines is 1. The summed E-state index contributed by atoms with van der Waals surface area (Å²) in [6, 6.07) is 5.94. The van der Waals surface area contributed by atoms with E-state index in [1.807, 2.05) is 12.1 Å². The fraction of sp³-hybridized carbons (Fsp3) is 0.231. The second kappa shape index (κ2) is 4.16. The molecule has 3 aromatic rings. The molecule has 0 aromatic carbocycles. The molecule has 1 saturated carbocycles. The zero-order valence-electron chi connectivity index (χ0n) is 10.6. The summed E-state index contributed by atoms with van der Waals surface area (Å²) >= 11 is 0. The molecule has 4 rings (SSSR count). The van der Waals surface area contributed by atoms with Crippen molar-refractivity contribution >= 4 is 11.6 Å². The lowest BCUT2D eigenvalue weighted by Crippen LogP contribution is -2.17. The van der Waals surface area contributed by atoms with Gasteiger partial charge in [0.25, 0.3) is 0 Å². The van der Waals surface area contributed by atoms with Gasteiger partial charge in [-0.15, -0.1) is 0 Å². The number of aromatic nitrogens is 5. The minimum atomic E-state index is -0.281. The Labute approximate surface area is 113 Å². The summed E-state index contributed by atoms with van der Waals surface area (Å²) in [5, 5.41) is 9.75. The minimum absolute atomic E-state index is 0.281. The maximum atomic E-state index is 11.8. The number of H-pyrrole nitrogens is 1. The summed E-state index contributed by atoms with van der Waals surface area (Å²) in [6.07, 6.45) is 5.64. The molecule has 0 amide bonds. The molecule has 20 heavy (non-hydrogen) atoms. The number of hydrogen-bond acceptors (Lipinski definition) is 5. The van der Waals surface area contributed by atoms with Crippen molar-refractivity contribution < 1.29 is 0 Å². The molecule has 3 aromatic heterocycles. The zero-order valence-corrected chi connectivity index (χ0v) is 10.6. The highest BCUT2D eigenvalue weighted by Gasteiger charge is 2.23. The summed E-state index contributed by atoms with van der Waals surface area (Å²) in [5.41, 5.74) is 1.98. The van der Waals surface area contributed by atoms with Gasteiger partial charge in [0.2, 0.25) is 5.95 Å². The molecular formula is C13H12N6O. The van der Waals surface area contributed by atoms with Crippen molar-refractivity contribution in [1.29, 1.82) is 0 Å². The van der Waals surface area contributed by atoms with Gasteiger partial charge in [0.15, 0.2) is 5.65 Å². The van der Waals surface area contributed by atoms with E-state index < -0.39 is 0 Å². The Morgan fingerprint density at radius 1 is 1.30 bits per heavy atom. The molecule has 0 saturated heterocycles. The van der Waals surface area contributed by atoms with Crippen molar-refractivity contribution in [3.63, 3.8) is 0 Å². The third kappa shape index (κ3) is 1.83. The van der Waals surface area contributed by atoms with Crippen LogP contribution >= 0.6 is 0 Å². The summed E-state index contributed by atoms with van der Waals surface area (Å²) in [6.45, 7) is 0. The minimum Gasteiger partial charge on any atom is -0.352 e. The molecule has 100 valence electrons. The van der Waals surface area contributed by atoms with Crippen LogP contribution in [0.15, 0.2) is 35.4 Å². The Morgan fingerprint density at radius 3 is 2.85 bits per heavy atom. The molecule has 2 N–H and O–H groups in total. The maximum Gasteiger partial charge on any atom is 0.350 e. The number of pyridine rings is 1. The molecular weight excluding hydrogens is 256 g/mol. The van der Waals surface area contributed by atoms with Crippen molar-refractivity contribution in [3.05, 3.63) is 41.1 Å². The highest BCUT2D eigenvalue weighted by molar-refractivity contribution is 5.65. The molecule has 7 heteroatoms. The summed E-state index contributed by atoms with van der Waals surface area (Å²) in [4.78, 5) is 20.4. The van der Waals surface area contributed by atoms with Crippen LogP contribution in [0.3, 0.4) is 0 Å². The Balaban J connectivity index is 1.92. The predicted octanol–water partition coefficient (Wildman–Crippen LogP) is 1.05. The monoisotopic (exact) mass is 268 g/mol. The number of fused-ring (bicyclic) bond motifs is 1. The predicted molar refractivity (Wildman–Crippen MR) is 73.5 cm³/mol. The fourth-order valence-electron chi connectivity index (χ4n) is 2.11. The van der Waals surface area contributed by atoms with Gasteiger partial charge in [-0.1, -0.05) is 0 Å². The average Bonchev–Trinajstić information content (AvgIpc) is 3.22. The number of nitrogens with zero attached hydrogens (tertiary/aromatic N) is 4. The van der Waals surface area contributed by atoms with E-state index in [0.29, 0.717) is 17.6 Å². The second-order valence-corrected chi connectivity index (χ2v) is 4.84. The quantitative estimate of drug-likeness (QED) is 0.741. The molecule has 0 spiro atoms. The van der Waals surface area contributed by atoms with Crippen LogP contribution < -0.4 is 11.0 Å². The number of rotatable bonds is 3. The van der Waals surface area contributed by atoms with Gasteiger partial charge in [-0.3, -0.25) is 4.98 Å². The van der Waals surface area contributed by atoms with E-state index in [1.54, 1.807) is 18.5 Å². The highest BCUT2D eigenvalue weighted by atomic mass is 16.1. The summed E-state index contributed by atoms with van der Waals surface area (Å²) in [5.74, 6) is 0.538. The average molecular weight is 268 g/mol. The van der Waals surface area contributed by atoms with Gasteiger partial charge in [0.05, 0.1) is 5.69 Å². The van der Waals surface area contributed by atoms with E-state index in [1.165, 1.54) is 4.40 Å². The van der Waals surface area contributed by atoms with Gasteiger partial charge < -0.3 is 5.32 Å². The SMILES string of the molecule is O=c1[nH]nc2cc(-c3ccncc3)nc(NC3CC3)n12. The highest BCUT2D eigenvalue weighted by Crippen LogP contribution is 2.25. The van der Waals surface area contributed by atoms with Gasteiger partial charge in [-0.25, -0.2) is 19.3 Å². The molecule has 0 bridgehead atoms. The van der Waals surface area contributed by atoms with Crippen molar-refractivity contribution in [1.82, 2.24) is 24.6 Å². The van der Waals surface area contributed by atoms with Crippen LogP contribution in [0.1, 0.15) is 12.8 Å². The largest absolute Gasteiger partial charge is 0.352 e. The van der Waals surface area contributed by atoms with Gasteiger partial charge in [-0.05, 0) is 25.0 Å². The molecule has 0 atom stereocenters. The van der Waals surface area contributed by atoms with Crippen molar-refractivity contribution in [2.45, 2.75) is 18.9 Å². The lowest BCUT2D eigenvalue weighted by atomic mass is 10.2. The molecule has 3 heterocycles. The van der Waals surface area contributed by atoms with Crippen LogP contribution in [0.5, 0.6) is 0 Å². The Morgan fingerprint density at radius 2 is 2.10 bits per heavy atom. The zero-order chi connectivity index (χ0) is 13.5. The first-order valence-corrected chi connectivity index (χ1v) is 6.46. The number of aromatic amines is 1. The van der Waals surface area contributed by atoms with Crippen LogP contribution in [0.25, 0.3) is 16.9 Å². The first-order valence-electron chi connectivity index (χ1n) is 6.46. The Bertz CT molecular complexity index is 818. The van der Waals surface area contributed by atoms with Gasteiger partial charge in [0.1, 0.15) is 0 Å². The van der Waals surface area contributed by atoms with Crippen LogP contribution in [-0.2, 0) is 0 Å². The Hall–Kier alpha value is -2.70. The molecule has 0 aliphatic heterocycles. The van der Waals surface area contributed by atoms with Crippen LogP contribution in [-0.4, -0.2) is 30.6 Å². The third-order valence-electron chi connectivity index (χ3n) is 3.29. The van der Waals surface area contributed by atoms with E-state index in [9.17, 15) is 4.79 Å². The molecule has 0 radical (unpaired) electrons. The normalized spacial score (nSPS) is 14.6. The summed E-state index contributed by atoms with van der Waals surface area (Å²) in [7, 11) is 0. The van der Waals surface area contributed by atoms with E-state index in [0.717, 1.165) is 24.1 Å². The van der Waals surface area contributed by atoms with Gasteiger partial charge in [-0.2, -0.15) is 5.10 Å². The molecule has 0 unspecified atom stereocenters. The maximum absolute atomic E-state index is 11.8. The van der Waals surface area contributed by atoms with Gasteiger partial charge in [0, 0.05) is 30.1 Å².